The van der Waals surface area contributed by atoms with Crippen molar-refractivity contribution in [1.82, 2.24) is 10.3 Å². The molecule has 1 aromatic carbocycles. The summed E-state index contributed by atoms with van der Waals surface area (Å²) in [6, 6.07) is 9.34. The molecule has 3 nitrogen and oxygen atoms in total. The number of carbonyl (C=O) groups is 1. The number of aryl methyl sites for hydroxylation is 1. The van der Waals surface area contributed by atoms with Crippen LogP contribution in [0.5, 0.6) is 0 Å². The number of alkyl halides is 1. The Balaban J connectivity index is 1.81. The molecule has 1 amide bonds. The summed E-state index contributed by atoms with van der Waals surface area (Å²) in [6.45, 7) is 2.52. The fraction of sp³-hybridized carbons (Fsp3) is 0.286. The van der Waals surface area contributed by atoms with Crippen LogP contribution in [0.2, 0.25) is 0 Å². The van der Waals surface area contributed by atoms with Crippen LogP contribution in [0.3, 0.4) is 0 Å². The third-order valence-electron chi connectivity index (χ3n) is 2.63. The van der Waals surface area contributed by atoms with Gasteiger partial charge >= 0.3 is 0 Å². The number of aromatic nitrogens is 1. The number of nitrogens with zero attached hydrogens (tertiary/aromatic N) is 1. The molecule has 0 aliphatic rings. The number of amides is 1. The van der Waals surface area contributed by atoms with E-state index in [2.05, 4.69) is 10.3 Å². The Labute approximate surface area is 121 Å². The van der Waals surface area contributed by atoms with Gasteiger partial charge < -0.3 is 5.32 Å². The molecule has 0 aliphatic heterocycles. The normalized spacial score (nSPS) is 12.1. The molecule has 0 saturated carbocycles. The number of halogens is 1. The topological polar surface area (TPSA) is 42.0 Å². The molecule has 0 spiro atoms. The summed E-state index contributed by atoms with van der Waals surface area (Å²) < 4.78 is 0. The lowest BCUT2D eigenvalue weighted by Crippen LogP contribution is -2.28. The highest BCUT2D eigenvalue weighted by Crippen LogP contribution is 2.19. The number of nitrogens with one attached hydrogen (secondary N) is 1. The molecule has 2 aromatic rings. The van der Waals surface area contributed by atoms with E-state index in [-0.39, 0.29) is 5.91 Å². The third-order valence-corrected chi connectivity index (χ3v) is 4.10. The highest BCUT2D eigenvalue weighted by Gasteiger charge is 2.16. The Morgan fingerprint density at radius 3 is 2.79 bits per heavy atom. The summed E-state index contributed by atoms with van der Waals surface area (Å²) in [6.07, 6.45) is 0.739. The van der Waals surface area contributed by atoms with Gasteiger partial charge in [-0.05, 0) is 12.5 Å². The molecule has 1 atom stereocenters. The monoisotopic (exact) mass is 294 g/mol. The summed E-state index contributed by atoms with van der Waals surface area (Å²) in [5.74, 6) is -0.166. The van der Waals surface area contributed by atoms with Crippen LogP contribution in [0.4, 0.5) is 0 Å². The highest BCUT2D eigenvalue weighted by molar-refractivity contribution is 7.09. The summed E-state index contributed by atoms with van der Waals surface area (Å²) >= 11 is 7.73. The van der Waals surface area contributed by atoms with Gasteiger partial charge in [-0.1, -0.05) is 30.3 Å². The van der Waals surface area contributed by atoms with Crippen molar-refractivity contribution in [2.24, 2.45) is 0 Å². The molecule has 0 radical (unpaired) electrons. The fourth-order valence-electron chi connectivity index (χ4n) is 1.67. The van der Waals surface area contributed by atoms with Crippen LogP contribution in [-0.4, -0.2) is 17.4 Å². The molecule has 0 bridgehead atoms. The van der Waals surface area contributed by atoms with Crippen molar-refractivity contribution in [3.63, 3.8) is 0 Å². The van der Waals surface area contributed by atoms with Crippen molar-refractivity contribution in [2.75, 3.05) is 6.54 Å². The minimum Gasteiger partial charge on any atom is -0.354 e. The maximum absolute atomic E-state index is 11.9. The van der Waals surface area contributed by atoms with Gasteiger partial charge in [0, 0.05) is 24.0 Å². The van der Waals surface area contributed by atoms with Crippen LogP contribution in [0, 0.1) is 6.92 Å². The van der Waals surface area contributed by atoms with Crippen molar-refractivity contribution in [1.29, 1.82) is 0 Å². The number of hydrogen-bond donors (Lipinski definition) is 1. The average Bonchev–Trinajstić information content (AvgIpc) is 2.84. The summed E-state index contributed by atoms with van der Waals surface area (Å²) in [5, 5.41) is 5.23. The van der Waals surface area contributed by atoms with E-state index < -0.39 is 5.38 Å². The van der Waals surface area contributed by atoms with E-state index in [1.54, 1.807) is 11.3 Å². The average molecular weight is 295 g/mol. The van der Waals surface area contributed by atoms with Crippen LogP contribution in [0.15, 0.2) is 35.7 Å². The molecule has 5 heteroatoms. The summed E-state index contributed by atoms with van der Waals surface area (Å²) in [7, 11) is 0. The molecule has 1 aromatic heterocycles. The molecular formula is C14H15ClN2OS. The lowest BCUT2D eigenvalue weighted by Gasteiger charge is -2.10. The van der Waals surface area contributed by atoms with Crippen LogP contribution < -0.4 is 5.32 Å². The van der Waals surface area contributed by atoms with E-state index in [0.29, 0.717) is 6.54 Å². The van der Waals surface area contributed by atoms with Gasteiger partial charge in [0.05, 0.1) is 5.01 Å². The first-order valence-corrected chi connectivity index (χ1v) is 7.36. The Bertz CT molecular complexity index is 541. The predicted molar refractivity (Wildman–Crippen MR) is 78.6 cm³/mol. The second kappa shape index (κ2) is 6.68. The minimum atomic E-state index is -0.640. The van der Waals surface area contributed by atoms with Crippen LogP contribution in [0.1, 0.15) is 21.6 Å². The van der Waals surface area contributed by atoms with Crippen molar-refractivity contribution in [3.8, 4) is 0 Å². The standard InChI is InChI=1S/C14H15ClN2OS/c1-10-9-19-12(17-10)7-8-16-14(18)13(15)11-5-3-2-4-6-11/h2-6,9,13H,7-8H2,1H3,(H,16,18). The van der Waals surface area contributed by atoms with E-state index in [1.165, 1.54) is 0 Å². The molecule has 100 valence electrons. The quantitative estimate of drug-likeness (QED) is 0.861. The lowest BCUT2D eigenvalue weighted by atomic mass is 10.1. The Hall–Kier alpha value is -1.39. The number of hydrogen-bond acceptors (Lipinski definition) is 3. The largest absolute Gasteiger partial charge is 0.354 e. The third kappa shape index (κ3) is 4.04. The Kier molecular flexibility index (Phi) is 4.93. The van der Waals surface area contributed by atoms with Gasteiger partial charge in [-0.2, -0.15) is 0 Å². The lowest BCUT2D eigenvalue weighted by molar-refractivity contribution is -0.120. The molecule has 1 unspecified atom stereocenters. The number of benzene rings is 1. The first-order valence-electron chi connectivity index (χ1n) is 6.04. The van der Waals surface area contributed by atoms with Gasteiger partial charge in [-0.3, -0.25) is 4.79 Å². The second-order valence-electron chi connectivity index (χ2n) is 4.20. The van der Waals surface area contributed by atoms with E-state index in [0.717, 1.165) is 22.7 Å². The molecule has 2 rings (SSSR count). The van der Waals surface area contributed by atoms with Crippen molar-refractivity contribution in [3.05, 3.63) is 52.0 Å². The minimum absolute atomic E-state index is 0.166. The highest BCUT2D eigenvalue weighted by atomic mass is 35.5. The van der Waals surface area contributed by atoms with Gasteiger partial charge in [-0.25, -0.2) is 4.98 Å². The van der Waals surface area contributed by atoms with Gasteiger partial charge in [-0.15, -0.1) is 22.9 Å². The summed E-state index contributed by atoms with van der Waals surface area (Å²) in [4.78, 5) is 16.2. The van der Waals surface area contributed by atoms with Gasteiger partial charge in [0.15, 0.2) is 0 Å². The maximum atomic E-state index is 11.9. The SMILES string of the molecule is Cc1csc(CCNC(=O)C(Cl)c2ccccc2)n1. The zero-order chi connectivity index (χ0) is 13.7. The van der Waals surface area contributed by atoms with Gasteiger partial charge in [0.1, 0.15) is 5.38 Å². The first kappa shape index (κ1) is 14.0. The predicted octanol–water partition coefficient (Wildman–Crippen LogP) is 3.09. The molecular weight excluding hydrogens is 280 g/mol. The summed E-state index contributed by atoms with van der Waals surface area (Å²) in [5.41, 5.74) is 1.83. The number of rotatable bonds is 5. The van der Waals surface area contributed by atoms with E-state index in [4.69, 9.17) is 11.6 Å². The van der Waals surface area contributed by atoms with Crippen molar-refractivity contribution >= 4 is 28.8 Å². The molecule has 1 N–H and O–H groups in total. The zero-order valence-electron chi connectivity index (χ0n) is 10.6. The number of thiazole rings is 1. The second-order valence-corrected chi connectivity index (χ2v) is 5.58. The smallest absolute Gasteiger partial charge is 0.242 e. The molecule has 0 saturated heterocycles. The molecule has 1 heterocycles. The molecule has 19 heavy (non-hydrogen) atoms. The fourth-order valence-corrected chi connectivity index (χ4v) is 2.67. The van der Waals surface area contributed by atoms with Crippen molar-refractivity contribution in [2.45, 2.75) is 18.7 Å². The van der Waals surface area contributed by atoms with Crippen LogP contribution >= 0.6 is 22.9 Å². The molecule has 0 fully saturated rings. The maximum Gasteiger partial charge on any atom is 0.242 e. The van der Waals surface area contributed by atoms with Crippen LogP contribution in [-0.2, 0) is 11.2 Å². The van der Waals surface area contributed by atoms with Gasteiger partial charge in [0.25, 0.3) is 0 Å². The first-order chi connectivity index (χ1) is 9.16. The number of carbonyl (C=O) groups excluding carboxylic acids is 1. The zero-order valence-corrected chi connectivity index (χ0v) is 12.2. The molecule has 0 aliphatic carbocycles. The Morgan fingerprint density at radius 1 is 1.42 bits per heavy atom. The van der Waals surface area contributed by atoms with Crippen molar-refractivity contribution < 1.29 is 4.79 Å². The van der Waals surface area contributed by atoms with Crippen LogP contribution in [0.25, 0.3) is 0 Å². The Morgan fingerprint density at radius 2 is 2.16 bits per heavy atom. The van der Waals surface area contributed by atoms with E-state index in [9.17, 15) is 4.79 Å². The van der Waals surface area contributed by atoms with E-state index in [1.807, 2.05) is 42.6 Å². The van der Waals surface area contributed by atoms with E-state index >= 15 is 0 Å². The van der Waals surface area contributed by atoms with Gasteiger partial charge in [0.2, 0.25) is 5.91 Å².